The highest BCUT2D eigenvalue weighted by molar-refractivity contribution is 6.30. The summed E-state index contributed by atoms with van der Waals surface area (Å²) in [5.74, 6) is -0.515. The molecular weight excluding hydrogens is 153 g/mol. The Morgan fingerprint density at radius 1 is 1.70 bits per heavy atom. The Labute approximate surface area is 63.2 Å². The first kappa shape index (κ1) is 7.22. The molecule has 1 nitrogen and oxygen atoms in total. The summed E-state index contributed by atoms with van der Waals surface area (Å²) >= 11 is 5.43. The van der Waals surface area contributed by atoms with Crippen LogP contribution in [0.5, 0.6) is 0 Å². The molecule has 0 aliphatic rings. The fraction of sp³-hybridized carbons (Fsp3) is 0. The number of nitrogens with zero attached hydrogens (tertiary/aromatic N) is 1. The normalized spacial score (nSPS) is 9.40. The van der Waals surface area contributed by atoms with Gasteiger partial charge < -0.3 is 0 Å². The zero-order valence-electron chi connectivity index (χ0n) is 5.14. The molecule has 0 bridgehead atoms. The molecule has 0 saturated carbocycles. The van der Waals surface area contributed by atoms with Gasteiger partial charge in [-0.05, 0) is 12.1 Å². The standard InChI is InChI=1S/C7H5ClFN/c1-2-6-7(9)5(8)3-4-10-6/h2-4H,1H2. The first-order chi connectivity index (χ1) is 4.75. The van der Waals surface area contributed by atoms with E-state index in [-0.39, 0.29) is 10.7 Å². The first-order valence-electron chi connectivity index (χ1n) is 2.68. The van der Waals surface area contributed by atoms with Crippen molar-refractivity contribution in [1.82, 2.24) is 4.98 Å². The SMILES string of the molecule is C=Cc1nccc(Cl)c1F. The zero-order valence-corrected chi connectivity index (χ0v) is 5.90. The maximum Gasteiger partial charge on any atom is 0.167 e. The van der Waals surface area contributed by atoms with E-state index in [2.05, 4.69) is 11.6 Å². The molecule has 0 atom stereocenters. The smallest absolute Gasteiger partial charge is 0.167 e. The van der Waals surface area contributed by atoms with Gasteiger partial charge in [-0.15, -0.1) is 0 Å². The molecule has 1 rings (SSSR count). The predicted molar refractivity (Wildman–Crippen MR) is 39.3 cm³/mol. The Balaban J connectivity index is 3.27. The molecule has 1 aromatic heterocycles. The monoisotopic (exact) mass is 157 g/mol. The van der Waals surface area contributed by atoms with Gasteiger partial charge in [-0.2, -0.15) is 0 Å². The van der Waals surface area contributed by atoms with Crippen LogP contribution in [0.4, 0.5) is 4.39 Å². The summed E-state index contributed by atoms with van der Waals surface area (Å²) in [6, 6.07) is 1.39. The van der Waals surface area contributed by atoms with Crippen LogP contribution in [0.15, 0.2) is 18.8 Å². The van der Waals surface area contributed by atoms with Gasteiger partial charge in [0.1, 0.15) is 0 Å². The van der Waals surface area contributed by atoms with Crippen molar-refractivity contribution in [2.45, 2.75) is 0 Å². The molecule has 0 aliphatic carbocycles. The van der Waals surface area contributed by atoms with E-state index < -0.39 is 5.82 Å². The van der Waals surface area contributed by atoms with Crippen molar-refractivity contribution in [3.05, 3.63) is 35.4 Å². The highest BCUT2D eigenvalue weighted by Crippen LogP contribution is 2.15. The van der Waals surface area contributed by atoms with E-state index in [9.17, 15) is 4.39 Å². The summed E-state index contributed by atoms with van der Waals surface area (Å²) in [4.78, 5) is 3.68. The van der Waals surface area contributed by atoms with Gasteiger partial charge in [0.25, 0.3) is 0 Å². The third-order valence-electron chi connectivity index (χ3n) is 1.06. The largest absolute Gasteiger partial charge is 0.254 e. The summed E-state index contributed by atoms with van der Waals surface area (Å²) < 4.78 is 12.7. The second-order valence-electron chi connectivity index (χ2n) is 1.70. The summed E-state index contributed by atoms with van der Waals surface area (Å²) in [6.45, 7) is 3.37. The molecule has 0 aromatic carbocycles. The van der Waals surface area contributed by atoms with Crippen LogP contribution in [0.3, 0.4) is 0 Å². The maximum absolute atomic E-state index is 12.7. The summed E-state index contributed by atoms with van der Waals surface area (Å²) in [6.07, 6.45) is 2.75. The Morgan fingerprint density at radius 3 is 2.90 bits per heavy atom. The van der Waals surface area contributed by atoms with Gasteiger partial charge in [0.2, 0.25) is 0 Å². The third kappa shape index (κ3) is 1.16. The van der Waals surface area contributed by atoms with Gasteiger partial charge in [0, 0.05) is 6.20 Å². The van der Waals surface area contributed by atoms with Crippen LogP contribution < -0.4 is 0 Å². The maximum atomic E-state index is 12.7. The lowest BCUT2D eigenvalue weighted by Crippen LogP contribution is -1.86. The average molecular weight is 158 g/mol. The van der Waals surface area contributed by atoms with Gasteiger partial charge in [-0.3, -0.25) is 4.98 Å². The van der Waals surface area contributed by atoms with Crippen LogP contribution >= 0.6 is 11.6 Å². The fourth-order valence-electron chi connectivity index (χ4n) is 0.578. The number of hydrogen-bond acceptors (Lipinski definition) is 1. The van der Waals surface area contributed by atoms with Gasteiger partial charge >= 0.3 is 0 Å². The molecule has 1 aromatic rings. The van der Waals surface area contributed by atoms with Crippen LogP contribution in [-0.4, -0.2) is 4.98 Å². The topological polar surface area (TPSA) is 12.9 Å². The van der Waals surface area contributed by atoms with Crippen molar-refractivity contribution in [2.75, 3.05) is 0 Å². The number of pyridine rings is 1. The number of halogens is 2. The van der Waals surface area contributed by atoms with Crippen LogP contribution in [0.25, 0.3) is 6.08 Å². The molecule has 0 fully saturated rings. The fourth-order valence-corrected chi connectivity index (χ4v) is 0.731. The van der Waals surface area contributed by atoms with Crippen LogP contribution in [-0.2, 0) is 0 Å². The minimum Gasteiger partial charge on any atom is -0.254 e. The number of rotatable bonds is 1. The highest BCUT2D eigenvalue weighted by atomic mass is 35.5. The third-order valence-corrected chi connectivity index (χ3v) is 1.35. The van der Waals surface area contributed by atoms with Gasteiger partial charge in [-0.25, -0.2) is 4.39 Å². The van der Waals surface area contributed by atoms with Crippen LogP contribution in [0, 0.1) is 5.82 Å². The second kappa shape index (κ2) is 2.80. The minimum absolute atomic E-state index is 0.0740. The van der Waals surface area contributed by atoms with Crippen molar-refractivity contribution < 1.29 is 4.39 Å². The van der Waals surface area contributed by atoms with E-state index in [4.69, 9.17) is 11.6 Å². The first-order valence-corrected chi connectivity index (χ1v) is 3.06. The summed E-state index contributed by atoms with van der Waals surface area (Å²) in [5, 5.41) is 0.0740. The van der Waals surface area contributed by atoms with Crippen molar-refractivity contribution >= 4 is 17.7 Å². The van der Waals surface area contributed by atoms with Crippen molar-refractivity contribution in [3.8, 4) is 0 Å². The highest BCUT2D eigenvalue weighted by Gasteiger charge is 2.02. The molecule has 0 aliphatic heterocycles. The van der Waals surface area contributed by atoms with E-state index in [1.54, 1.807) is 0 Å². The molecule has 0 saturated heterocycles. The van der Waals surface area contributed by atoms with Gasteiger partial charge in [0.15, 0.2) is 5.82 Å². The molecule has 10 heavy (non-hydrogen) atoms. The van der Waals surface area contributed by atoms with Crippen molar-refractivity contribution in [1.29, 1.82) is 0 Å². The predicted octanol–water partition coefficient (Wildman–Crippen LogP) is 2.52. The molecule has 0 unspecified atom stereocenters. The van der Waals surface area contributed by atoms with E-state index >= 15 is 0 Å². The molecule has 0 radical (unpaired) electrons. The number of hydrogen-bond donors (Lipinski definition) is 0. The molecular formula is C7H5ClFN. The lowest BCUT2D eigenvalue weighted by molar-refractivity contribution is 0.618. The summed E-state index contributed by atoms with van der Waals surface area (Å²) in [5.41, 5.74) is 0.188. The van der Waals surface area contributed by atoms with E-state index in [0.717, 1.165) is 0 Å². The summed E-state index contributed by atoms with van der Waals surface area (Å²) in [7, 11) is 0. The van der Waals surface area contributed by atoms with Gasteiger partial charge in [0.05, 0.1) is 10.7 Å². The van der Waals surface area contributed by atoms with Gasteiger partial charge in [-0.1, -0.05) is 18.2 Å². The quantitative estimate of drug-likeness (QED) is 0.611. The Kier molecular flexibility index (Phi) is 2.02. The minimum atomic E-state index is -0.515. The van der Waals surface area contributed by atoms with Crippen molar-refractivity contribution in [3.63, 3.8) is 0 Å². The Bertz CT molecular complexity index is 260. The van der Waals surface area contributed by atoms with E-state index in [0.29, 0.717) is 0 Å². The van der Waals surface area contributed by atoms with Crippen LogP contribution in [0.1, 0.15) is 5.69 Å². The van der Waals surface area contributed by atoms with Crippen molar-refractivity contribution in [2.24, 2.45) is 0 Å². The van der Waals surface area contributed by atoms with Crippen LogP contribution in [0.2, 0.25) is 5.02 Å². The Morgan fingerprint density at radius 2 is 2.40 bits per heavy atom. The molecule has 0 amide bonds. The average Bonchev–Trinajstić information content (AvgIpc) is 1.95. The molecule has 3 heteroatoms. The second-order valence-corrected chi connectivity index (χ2v) is 2.10. The number of aromatic nitrogens is 1. The van der Waals surface area contributed by atoms with E-state index in [1.807, 2.05) is 0 Å². The van der Waals surface area contributed by atoms with E-state index in [1.165, 1.54) is 18.3 Å². The lowest BCUT2D eigenvalue weighted by Gasteiger charge is -1.94. The lowest BCUT2D eigenvalue weighted by atomic mass is 10.3. The molecule has 1 heterocycles. The molecule has 0 spiro atoms. The zero-order chi connectivity index (χ0) is 7.56. The Hall–Kier alpha value is -0.890. The molecule has 0 N–H and O–H groups in total. The molecule has 52 valence electrons.